The molecule has 0 amide bonds. The summed E-state index contributed by atoms with van der Waals surface area (Å²) in [5.74, 6) is 0. The summed E-state index contributed by atoms with van der Waals surface area (Å²) in [5.41, 5.74) is 0.349. The average molecular weight is 225 g/mol. The first-order chi connectivity index (χ1) is 7.49. The van der Waals surface area contributed by atoms with Gasteiger partial charge >= 0.3 is 0 Å². The number of piperazine rings is 1. The van der Waals surface area contributed by atoms with Crippen molar-refractivity contribution in [2.45, 2.75) is 38.3 Å². The van der Waals surface area contributed by atoms with Crippen molar-refractivity contribution in [3.05, 3.63) is 0 Å². The number of hydrogen-bond acceptors (Lipinski definition) is 3. The van der Waals surface area contributed by atoms with Gasteiger partial charge in [0.05, 0.1) is 0 Å². The van der Waals surface area contributed by atoms with Gasteiger partial charge in [-0.2, -0.15) is 0 Å². The van der Waals surface area contributed by atoms with Crippen LogP contribution >= 0.6 is 0 Å². The minimum atomic E-state index is 0.349. The molecule has 0 radical (unpaired) electrons. The van der Waals surface area contributed by atoms with Gasteiger partial charge < -0.3 is 4.90 Å². The highest BCUT2D eigenvalue weighted by Gasteiger charge is 2.34. The van der Waals surface area contributed by atoms with Crippen molar-refractivity contribution >= 4 is 0 Å². The predicted octanol–water partition coefficient (Wildman–Crippen LogP) is 1.11. The number of likely N-dealkylation sites (N-methyl/N-ethyl adjacent to an activating group) is 1. The highest BCUT2D eigenvalue weighted by molar-refractivity contribution is 4.91. The second-order valence-electron chi connectivity index (χ2n) is 6.24. The van der Waals surface area contributed by atoms with Crippen molar-refractivity contribution in [2.24, 2.45) is 0 Å². The number of likely N-dealkylation sites (tertiary alicyclic amines) is 1. The summed E-state index contributed by atoms with van der Waals surface area (Å²) >= 11 is 0. The Hall–Kier alpha value is -0.120. The fourth-order valence-electron chi connectivity index (χ4n) is 2.95. The molecule has 0 aromatic heterocycles. The highest BCUT2D eigenvalue weighted by atomic mass is 15.3. The third-order valence-electron chi connectivity index (χ3n) is 4.55. The van der Waals surface area contributed by atoms with E-state index >= 15 is 0 Å². The van der Waals surface area contributed by atoms with E-state index in [-0.39, 0.29) is 0 Å². The highest BCUT2D eigenvalue weighted by Crippen LogP contribution is 2.24. The first-order valence-electron chi connectivity index (χ1n) is 6.63. The zero-order chi connectivity index (χ0) is 11.8. The molecule has 0 bridgehead atoms. The van der Waals surface area contributed by atoms with Crippen molar-refractivity contribution in [3.63, 3.8) is 0 Å². The quantitative estimate of drug-likeness (QED) is 0.662. The number of piperidine rings is 1. The summed E-state index contributed by atoms with van der Waals surface area (Å²) in [6.45, 7) is 11.0. The molecule has 2 fully saturated rings. The van der Waals surface area contributed by atoms with E-state index in [1.54, 1.807) is 0 Å². The van der Waals surface area contributed by atoms with Crippen molar-refractivity contribution < 1.29 is 0 Å². The van der Waals surface area contributed by atoms with Gasteiger partial charge in [0.15, 0.2) is 0 Å². The second kappa shape index (κ2) is 4.63. The normalized spacial score (nSPS) is 30.8. The van der Waals surface area contributed by atoms with Gasteiger partial charge in [-0.25, -0.2) is 0 Å². The summed E-state index contributed by atoms with van der Waals surface area (Å²) in [6, 6.07) is 0.837. The zero-order valence-electron chi connectivity index (χ0n) is 11.4. The van der Waals surface area contributed by atoms with Gasteiger partial charge in [0.2, 0.25) is 0 Å². The average Bonchev–Trinajstić information content (AvgIpc) is 2.23. The molecule has 0 aromatic carbocycles. The van der Waals surface area contributed by atoms with Crippen LogP contribution in [0.3, 0.4) is 0 Å². The van der Waals surface area contributed by atoms with Crippen molar-refractivity contribution in [3.8, 4) is 0 Å². The van der Waals surface area contributed by atoms with Gasteiger partial charge in [-0.1, -0.05) is 0 Å². The van der Waals surface area contributed by atoms with Gasteiger partial charge in [-0.15, -0.1) is 0 Å². The summed E-state index contributed by atoms with van der Waals surface area (Å²) < 4.78 is 0. The molecule has 3 heteroatoms. The zero-order valence-corrected chi connectivity index (χ0v) is 11.4. The SMILES string of the molecule is CN1CCC(N2CCN(C)C(C)(C)C2)CC1. The fraction of sp³-hybridized carbons (Fsp3) is 1.00. The predicted molar refractivity (Wildman–Crippen MR) is 68.8 cm³/mol. The molecule has 0 aromatic rings. The van der Waals surface area contributed by atoms with E-state index in [0.717, 1.165) is 6.04 Å². The maximum Gasteiger partial charge on any atom is 0.0277 e. The molecular formula is C13H27N3. The molecule has 94 valence electrons. The molecule has 0 saturated carbocycles. The Kier molecular flexibility index (Phi) is 3.57. The number of rotatable bonds is 1. The maximum atomic E-state index is 2.73. The minimum absolute atomic E-state index is 0.349. The van der Waals surface area contributed by atoms with Gasteiger partial charge in [0.1, 0.15) is 0 Å². The van der Waals surface area contributed by atoms with E-state index < -0.39 is 0 Å². The van der Waals surface area contributed by atoms with E-state index in [0.29, 0.717) is 5.54 Å². The Morgan fingerprint density at radius 2 is 1.56 bits per heavy atom. The smallest absolute Gasteiger partial charge is 0.0277 e. The molecule has 16 heavy (non-hydrogen) atoms. The Labute approximate surface area is 100 Å². The first-order valence-corrected chi connectivity index (χ1v) is 6.63. The van der Waals surface area contributed by atoms with E-state index in [1.807, 2.05) is 0 Å². The molecule has 2 aliphatic rings. The molecule has 2 heterocycles. The summed E-state index contributed by atoms with van der Waals surface area (Å²) in [5, 5.41) is 0. The van der Waals surface area contributed by atoms with Crippen molar-refractivity contribution in [1.82, 2.24) is 14.7 Å². The molecular weight excluding hydrogens is 198 g/mol. The lowest BCUT2D eigenvalue weighted by Gasteiger charge is -2.49. The van der Waals surface area contributed by atoms with Crippen LogP contribution in [0.1, 0.15) is 26.7 Å². The Balaban J connectivity index is 1.91. The Morgan fingerprint density at radius 3 is 2.12 bits per heavy atom. The van der Waals surface area contributed by atoms with Crippen LogP contribution in [-0.2, 0) is 0 Å². The summed E-state index contributed by atoms with van der Waals surface area (Å²) in [4.78, 5) is 7.68. The standard InChI is InChI=1S/C13H27N3/c1-13(2)11-16(10-9-15(13)4)12-5-7-14(3)8-6-12/h12H,5-11H2,1-4H3. The molecule has 3 nitrogen and oxygen atoms in total. The van der Waals surface area contributed by atoms with Crippen LogP contribution in [0.4, 0.5) is 0 Å². The molecule has 2 aliphatic heterocycles. The fourth-order valence-corrected chi connectivity index (χ4v) is 2.95. The summed E-state index contributed by atoms with van der Waals surface area (Å²) in [6.07, 6.45) is 2.71. The van der Waals surface area contributed by atoms with Crippen LogP contribution < -0.4 is 0 Å². The number of hydrogen-bond donors (Lipinski definition) is 0. The molecule has 2 saturated heterocycles. The van der Waals surface area contributed by atoms with Gasteiger partial charge in [0, 0.05) is 31.2 Å². The molecule has 0 unspecified atom stereocenters. The van der Waals surface area contributed by atoms with E-state index in [9.17, 15) is 0 Å². The number of nitrogens with zero attached hydrogens (tertiary/aromatic N) is 3. The molecule has 0 N–H and O–H groups in total. The molecule has 0 aliphatic carbocycles. The van der Waals surface area contributed by atoms with Crippen LogP contribution in [0.5, 0.6) is 0 Å². The minimum Gasteiger partial charge on any atom is -0.306 e. The molecule has 0 spiro atoms. The Morgan fingerprint density at radius 1 is 0.938 bits per heavy atom. The van der Waals surface area contributed by atoms with Crippen LogP contribution in [0, 0.1) is 0 Å². The summed E-state index contributed by atoms with van der Waals surface area (Å²) in [7, 11) is 4.50. The third kappa shape index (κ3) is 2.58. The van der Waals surface area contributed by atoms with Crippen molar-refractivity contribution in [2.75, 3.05) is 46.8 Å². The lowest BCUT2D eigenvalue weighted by atomic mass is 9.95. The monoisotopic (exact) mass is 225 g/mol. The second-order valence-corrected chi connectivity index (χ2v) is 6.24. The van der Waals surface area contributed by atoms with Gasteiger partial charge in [-0.3, -0.25) is 9.80 Å². The van der Waals surface area contributed by atoms with Crippen LogP contribution in [0.2, 0.25) is 0 Å². The van der Waals surface area contributed by atoms with E-state index in [4.69, 9.17) is 0 Å². The largest absolute Gasteiger partial charge is 0.306 e. The van der Waals surface area contributed by atoms with Gasteiger partial charge in [0.25, 0.3) is 0 Å². The van der Waals surface area contributed by atoms with Crippen molar-refractivity contribution in [1.29, 1.82) is 0 Å². The third-order valence-corrected chi connectivity index (χ3v) is 4.55. The maximum absolute atomic E-state index is 2.73. The Bertz CT molecular complexity index is 231. The van der Waals surface area contributed by atoms with Crippen LogP contribution in [-0.4, -0.2) is 73.1 Å². The molecule has 2 rings (SSSR count). The lowest BCUT2D eigenvalue weighted by Crippen LogP contribution is -2.60. The van der Waals surface area contributed by atoms with E-state index in [1.165, 1.54) is 45.6 Å². The lowest BCUT2D eigenvalue weighted by molar-refractivity contribution is 0.00190. The topological polar surface area (TPSA) is 9.72 Å². The van der Waals surface area contributed by atoms with Crippen LogP contribution in [0.15, 0.2) is 0 Å². The van der Waals surface area contributed by atoms with Gasteiger partial charge in [-0.05, 0) is 53.9 Å². The molecule has 0 atom stereocenters. The van der Waals surface area contributed by atoms with E-state index in [2.05, 4.69) is 42.6 Å². The van der Waals surface area contributed by atoms with Crippen LogP contribution in [0.25, 0.3) is 0 Å². The first kappa shape index (κ1) is 12.3.